The van der Waals surface area contributed by atoms with Crippen molar-refractivity contribution in [3.05, 3.63) is 12.2 Å². The predicted octanol–water partition coefficient (Wildman–Crippen LogP) is 1.64. The molecule has 0 bridgehead atoms. The molecule has 6 heteroatoms. The maximum absolute atomic E-state index is 7.35. The van der Waals surface area contributed by atoms with Gasteiger partial charge in [0.25, 0.3) is 0 Å². The second-order valence-electron chi connectivity index (χ2n) is 5.62. The van der Waals surface area contributed by atoms with Gasteiger partial charge >= 0.3 is 0 Å². The number of nitrogens with one attached hydrogen (secondary N) is 1. The average molecular weight is 266 g/mol. The lowest BCUT2D eigenvalue weighted by atomic mass is 10.2. The highest BCUT2D eigenvalue weighted by molar-refractivity contribution is 5.76. The third-order valence-electron chi connectivity index (χ3n) is 2.82. The summed E-state index contributed by atoms with van der Waals surface area (Å²) < 4.78 is 1.95. The third-order valence-corrected chi connectivity index (χ3v) is 2.82. The molecule has 108 valence electrons. The van der Waals surface area contributed by atoms with Crippen molar-refractivity contribution in [3.63, 3.8) is 0 Å². The Labute approximate surface area is 115 Å². The van der Waals surface area contributed by atoms with Crippen LogP contribution in [0.15, 0.2) is 6.33 Å². The summed E-state index contributed by atoms with van der Waals surface area (Å²) in [5.41, 5.74) is 5.45. The molecule has 3 N–H and O–H groups in total. The topological polar surface area (TPSA) is 83.8 Å². The Balaban J connectivity index is 2.69. The number of nitrogens with zero attached hydrogens (tertiary/aromatic N) is 4. The zero-order valence-electron chi connectivity index (χ0n) is 12.4. The molecular formula is C13H26N6. The monoisotopic (exact) mass is 266 g/mol. The van der Waals surface area contributed by atoms with Crippen LogP contribution in [0.1, 0.15) is 46.0 Å². The van der Waals surface area contributed by atoms with Crippen molar-refractivity contribution in [2.45, 2.75) is 46.7 Å². The first-order chi connectivity index (χ1) is 8.90. The van der Waals surface area contributed by atoms with Crippen LogP contribution in [0.3, 0.4) is 0 Å². The quantitative estimate of drug-likeness (QED) is 0.553. The van der Waals surface area contributed by atoms with Gasteiger partial charge in [0.15, 0.2) is 0 Å². The van der Waals surface area contributed by atoms with Crippen LogP contribution in [0.4, 0.5) is 0 Å². The fourth-order valence-electron chi connectivity index (χ4n) is 2.05. The molecule has 0 aromatic carbocycles. The molecule has 0 aliphatic carbocycles. The Bertz CT molecular complexity index is 396. The molecule has 1 heterocycles. The van der Waals surface area contributed by atoms with Crippen LogP contribution in [0.25, 0.3) is 0 Å². The van der Waals surface area contributed by atoms with Crippen molar-refractivity contribution in [1.29, 1.82) is 5.41 Å². The third kappa shape index (κ3) is 5.38. The van der Waals surface area contributed by atoms with Gasteiger partial charge in [-0.15, -0.1) is 0 Å². The Morgan fingerprint density at radius 2 is 2.11 bits per heavy atom. The van der Waals surface area contributed by atoms with Gasteiger partial charge in [-0.25, -0.2) is 9.67 Å². The Kier molecular flexibility index (Phi) is 5.95. The summed E-state index contributed by atoms with van der Waals surface area (Å²) in [6.07, 6.45) is 2.20. The Hall–Kier alpha value is -1.43. The molecule has 6 nitrogen and oxygen atoms in total. The van der Waals surface area contributed by atoms with Crippen molar-refractivity contribution < 1.29 is 0 Å². The van der Waals surface area contributed by atoms with E-state index in [1.807, 2.05) is 4.68 Å². The molecule has 0 atom stereocenters. The molecule has 0 aliphatic rings. The number of aromatic nitrogens is 3. The first-order valence-corrected chi connectivity index (χ1v) is 6.83. The van der Waals surface area contributed by atoms with Crippen molar-refractivity contribution in [1.82, 2.24) is 19.7 Å². The van der Waals surface area contributed by atoms with E-state index in [9.17, 15) is 0 Å². The van der Waals surface area contributed by atoms with Crippen molar-refractivity contribution >= 4 is 5.84 Å². The molecule has 0 fully saturated rings. The minimum absolute atomic E-state index is 0.235. The molecular weight excluding hydrogens is 240 g/mol. The van der Waals surface area contributed by atoms with E-state index in [4.69, 9.17) is 11.1 Å². The molecule has 19 heavy (non-hydrogen) atoms. The molecule has 0 unspecified atom stereocenters. The van der Waals surface area contributed by atoms with Crippen molar-refractivity contribution in [3.8, 4) is 0 Å². The van der Waals surface area contributed by atoms with Gasteiger partial charge in [-0.1, -0.05) is 13.8 Å². The molecule has 0 radical (unpaired) electrons. The molecule has 0 amide bonds. The molecule has 1 aromatic rings. The van der Waals surface area contributed by atoms with E-state index in [0.717, 1.165) is 25.5 Å². The molecule has 0 aliphatic heterocycles. The largest absolute Gasteiger partial charge is 0.388 e. The fraction of sp³-hybridized carbons (Fsp3) is 0.769. The Morgan fingerprint density at radius 1 is 1.42 bits per heavy atom. The highest BCUT2D eigenvalue weighted by Crippen LogP contribution is 2.10. The fourth-order valence-corrected chi connectivity index (χ4v) is 2.05. The minimum atomic E-state index is 0.235. The lowest BCUT2D eigenvalue weighted by Gasteiger charge is -2.24. The van der Waals surface area contributed by atoms with Gasteiger partial charge < -0.3 is 5.73 Å². The molecule has 0 saturated carbocycles. The maximum atomic E-state index is 7.35. The molecule has 1 rings (SSSR count). The molecule has 1 aromatic heterocycles. The van der Waals surface area contributed by atoms with Gasteiger partial charge in [0.1, 0.15) is 12.2 Å². The highest BCUT2D eigenvalue weighted by Gasteiger charge is 2.14. The number of nitrogens with two attached hydrogens (primary N) is 1. The lowest BCUT2D eigenvalue weighted by molar-refractivity contribution is 0.230. The Morgan fingerprint density at radius 3 is 2.63 bits per heavy atom. The van der Waals surface area contributed by atoms with Crippen molar-refractivity contribution in [2.75, 3.05) is 13.1 Å². The van der Waals surface area contributed by atoms with E-state index in [1.165, 1.54) is 0 Å². The van der Waals surface area contributed by atoms with Gasteiger partial charge in [0.2, 0.25) is 0 Å². The van der Waals surface area contributed by atoms with Crippen LogP contribution in [0.2, 0.25) is 0 Å². The van der Waals surface area contributed by atoms with Crippen LogP contribution in [-0.4, -0.2) is 38.6 Å². The van der Waals surface area contributed by atoms with Crippen molar-refractivity contribution in [2.24, 2.45) is 11.7 Å². The summed E-state index contributed by atoms with van der Waals surface area (Å²) in [6, 6.07) is 0.311. The maximum Gasteiger partial charge on any atom is 0.141 e. The number of hydrogen-bond donors (Lipinski definition) is 2. The summed E-state index contributed by atoms with van der Waals surface area (Å²) in [4.78, 5) is 6.62. The highest BCUT2D eigenvalue weighted by atomic mass is 15.4. The van der Waals surface area contributed by atoms with Crippen LogP contribution >= 0.6 is 0 Å². The van der Waals surface area contributed by atoms with Gasteiger partial charge in [0.05, 0.1) is 12.4 Å². The zero-order valence-corrected chi connectivity index (χ0v) is 12.4. The standard InChI is InChI=1S/C13H26N6/c1-10(2)7-18(6-5-12(14)15)8-13-16-9-17-19(13)11(3)4/h9-11H,5-8H2,1-4H3,(H3,14,15). The van der Waals surface area contributed by atoms with Crippen LogP contribution in [0, 0.1) is 11.3 Å². The normalized spacial score (nSPS) is 11.7. The van der Waals surface area contributed by atoms with Gasteiger partial charge in [-0.05, 0) is 19.8 Å². The summed E-state index contributed by atoms with van der Waals surface area (Å²) in [5, 5.41) is 11.6. The number of amidine groups is 1. The van der Waals surface area contributed by atoms with Crippen LogP contribution in [0.5, 0.6) is 0 Å². The second kappa shape index (κ2) is 7.23. The average Bonchev–Trinajstić information content (AvgIpc) is 2.73. The summed E-state index contributed by atoms with van der Waals surface area (Å²) in [5.74, 6) is 1.78. The summed E-state index contributed by atoms with van der Waals surface area (Å²) in [6.45, 7) is 11.1. The van der Waals surface area contributed by atoms with Crippen LogP contribution in [-0.2, 0) is 6.54 Å². The second-order valence-corrected chi connectivity index (χ2v) is 5.62. The van der Waals surface area contributed by atoms with Gasteiger partial charge in [0, 0.05) is 25.6 Å². The first-order valence-electron chi connectivity index (χ1n) is 6.83. The van der Waals surface area contributed by atoms with Gasteiger partial charge in [-0.2, -0.15) is 5.10 Å². The van der Waals surface area contributed by atoms with Crippen LogP contribution < -0.4 is 5.73 Å². The van der Waals surface area contributed by atoms with Gasteiger partial charge in [-0.3, -0.25) is 10.3 Å². The van der Waals surface area contributed by atoms with E-state index in [1.54, 1.807) is 6.33 Å². The summed E-state index contributed by atoms with van der Waals surface area (Å²) >= 11 is 0. The predicted molar refractivity (Wildman–Crippen MR) is 77.1 cm³/mol. The molecule has 0 spiro atoms. The minimum Gasteiger partial charge on any atom is -0.388 e. The van der Waals surface area contributed by atoms with E-state index in [0.29, 0.717) is 18.4 Å². The SMILES string of the molecule is CC(C)CN(CCC(=N)N)Cc1ncnn1C(C)C. The summed E-state index contributed by atoms with van der Waals surface area (Å²) in [7, 11) is 0. The molecule has 0 saturated heterocycles. The smallest absolute Gasteiger partial charge is 0.141 e. The van der Waals surface area contributed by atoms with E-state index in [2.05, 4.69) is 42.7 Å². The first kappa shape index (κ1) is 15.6. The lowest BCUT2D eigenvalue weighted by Crippen LogP contribution is -2.32. The zero-order chi connectivity index (χ0) is 14.4. The van der Waals surface area contributed by atoms with E-state index >= 15 is 0 Å². The van der Waals surface area contributed by atoms with E-state index < -0.39 is 0 Å². The number of hydrogen-bond acceptors (Lipinski definition) is 4. The van der Waals surface area contributed by atoms with E-state index in [-0.39, 0.29) is 5.84 Å². The number of rotatable bonds is 8.